The van der Waals surface area contributed by atoms with Crippen molar-refractivity contribution in [2.75, 3.05) is 26.1 Å². The first-order valence-electron chi connectivity index (χ1n) is 12.0. The predicted octanol–water partition coefficient (Wildman–Crippen LogP) is 5.64. The largest absolute Gasteiger partial charge is 0.368 e. The van der Waals surface area contributed by atoms with E-state index in [4.69, 9.17) is 14.2 Å². The van der Waals surface area contributed by atoms with Gasteiger partial charge in [0, 0.05) is 17.7 Å². The molecule has 0 radical (unpaired) electrons. The summed E-state index contributed by atoms with van der Waals surface area (Å²) >= 11 is 1.76. The van der Waals surface area contributed by atoms with E-state index in [1.165, 1.54) is 27.2 Å². The van der Waals surface area contributed by atoms with Gasteiger partial charge in [0.25, 0.3) is 0 Å². The van der Waals surface area contributed by atoms with Crippen LogP contribution in [-0.2, 0) is 19.0 Å². The Balaban J connectivity index is 1.48. The van der Waals surface area contributed by atoms with Gasteiger partial charge in [0.05, 0.1) is 25.2 Å². The molecule has 3 fully saturated rings. The van der Waals surface area contributed by atoms with Gasteiger partial charge in [-0.15, -0.1) is 11.8 Å². The van der Waals surface area contributed by atoms with Crippen LogP contribution in [0.5, 0.6) is 0 Å². The smallest absolute Gasteiger partial charge is 0.188 e. The Bertz CT molecular complexity index is 987. The molecule has 1 aromatic rings. The van der Waals surface area contributed by atoms with Gasteiger partial charge in [0.2, 0.25) is 0 Å². The summed E-state index contributed by atoms with van der Waals surface area (Å²) in [5.41, 5.74) is 5.12. The Labute approximate surface area is 194 Å². The van der Waals surface area contributed by atoms with Gasteiger partial charge in [-0.05, 0) is 84.3 Å². The second kappa shape index (κ2) is 7.83. The van der Waals surface area contributed by atoms with Crippen LogP contribution in [-0.4, -0.2) is 37.6 Å². The third kappa shape index (κ3) is 3.19. The van der Waals surface area contributed by atoms with E-state index in [1.807, 2.05) is 0 Å². The molecule has 1 spiro atoms. The molecule has 6 rings (SSSR count). The van der Waals surface area contributed by atoms with Gasteiger partial charge < -0.3 is 14.2 Å². The predicted molar refractivity (Wildman–Crippen MR) is 124 cm³/mol. The molecule has 2 aliphatic heterocycles. The van der Waals surface area contributed by atoms with Crippen molar-refractivity contribution in [3.05, 3.63) is 52.6 Å². The quantitative estimate of drug-likeness (QED) is 0.544. The number of thioether (sulfide) groups is 1. The number of hydrogen-bond acceptors (Lipinski definition) is 5. The lowest BCUT2D eigenvalue weighted by Crippen LogP contribution is -2.37. The number of ether oxygens (including phenoxy) is 3. The third-order valence-electron chi connectivity index (χ3n) is 8.63. The third-order valence-corrected chi connectivity index (χ3v) is 9.37. The molecular weight excluding hydrogens is 420 g/mol. The summed E-state index contributed by atoms with van der Waals surface area (Å²) in [6.45, 7) is 4.03. The maximum atomic E-state index is 13.0. The van der Waals surface area contributed by atoms with Crippen LogP contribution in [0.25, 0.3) is 0 Å². The van der Waals surface area contributed by atoms with Crippen molar-refractivity contribution in [3.8, 4) is 0 Å². The van der Waals surface area contributed by atoms with Crippen molar-refractivity contribution in [1.29, 1.82) is 0 Å². The summed E-state index contributed by atoms with van der Waals surface area (Å²) in [5, 5.41) is 0. The lowest BCUT2D eigenvalue weighted by Gasteiger charge is -2.41. The molecule has 32 heavy (non-hydrogen) atoms. The number of carbonyl (C=O) groups is 1. The number of allylic oxidation sites excluding steroid dienone is 2. The number of hydrogen-bond donors (Lipinski definition) is 0. The number of Topliss-reactive ketones (excluding diaryl/α,β-unsaturated/α-hetero) is 1. The Morgan fingerprint density at radius 3 is 2.56 bits per heavy atom. The first kappa shape index (κ1) is 21.2. The maximum absolute atomic E-state index is 13.0. The first-order chi connectivity index (χ1) is 15.5. The summed E-state index contributed by atoms with van der Waals surface area (Å²) in [5.74, 6) is 0.655. The summed E-state index contributed by atoms with van der Waals surface area (Å²) in [6, 6.07) is 8.82. The van der Waals surface area contributed by atoms with E-state index in [-0.39, 0.29) is 11.5 Å². The minimum atomic E-state index is -0.523. The number of benzene rings is 1. The zero-order valence-corrected chi connectivity index (χ0v) is 19.8. The van der Waals surface area contributed by atoms with Crippen LogP contribution in [0.3, 0.4) is 0 Å². The van der Waals surface area contributed by atoms with Crippen molar-refractivity contribution in [3.63, 3.8) is 0 Å². The van der Waals surface area contributed by atoms with Crippen molar-refractivity contribution >= 4 is 17.5 Å². The summed E-state index contributed by atoms with van der Waals surface area (Å²) < 4.78 is 18.8. The van der Waals surface area contributed by atoms with Crippen molar-refractivity contribution in [2.45, 2.75) is 62.2 Å². The van der Waals surface area contributed by atoms with E-state index in [1.54, 1.807) is 11.8 Å². The number of carbonyl (C=O) groups excluding carboxylic acids is 1. The average Bonchev–Trinajstić information content (AvgIpc) is 3.35. The van der Waals surface area contributed by atoms with Crippen LogP contribution in [0.15, 0.2) is 52.0 Å². The molecule has 0 aromatic heterocycles. The highest BCUT2D eigenvalue weighted by Gasteiger charge is 2.55. The number of fused-ring (bicyclic) bond motifs is 4. The average molecular weight is 453 g/mol. The Morgan fingerprint density at radius 2 is 1.81 bits per heavy atom. The van der Waals surface area contributed by atoms with Crippen LogP contribution in [0.4, 0.5) is 0 Å². The van der Waals surface area contributed by atoms with Crippen molar-refractivity contribution < 1.29 is 19.0 Å². The van der Waals surface area contributed by atoms with Gasteiger partial charge >= 0.3 is 0 Å². The molecule has 5 aliphatic rings. The Morgan fingerprint density at radius 1 is 1.03 bits per heavy atom. The monoisotopic (exact) mass is 452 g/mol. The molecule has 4 atom stereocenters. The molecule has 0 bridgehead atoms. The van der Waals surface area contributed by atoms with E-state index in [0.29, 0.717) is 43.9 Å². The SMILES string of the molecule is CSc1ccc(C2OCC3(C)C(=O)CCC3C3CCC4=CC5(CCC4=C23)OCCO5)cc1. The van der Waals surface area contributed by atoms with Gasteiger partial charge in [-0.2, -0.15) is 0 Å². The van der Waals surface area contributed by atoms with Crippen LogP contribution in [0, 0.1) is 17.3 Å². The van der Waals surface area contributed by atoms with E-state index in [9.17, 15) is 4.79 Å². The van der Waals surface area contributed by atoms with Gasteiger partial charge in [-0.1, -0.05) is 19.1 Å². The second-order valence-corrected chi connectivity index (χ2v) is 11.1. The molecule has 2 heterocycles. The highest BCUT2D eigenvalue weighted by atomic mass is 32.2. The molecule has 1 aromatic carbocycles. The van der Waals surface area contributed by atoms with Crippen LogP contribution in [0.2, 0.25) is 0 Å². The summed E-state index contributed by atoms with van der Waals surface area (Å²) in [6.07, 6.45) is 9.92. The summed E-state index contributed by atoms with van der Waals surface area (Å²) in [7, 11) is 0. The van der Waals surface area contributed by atoms with Gasteiger partial charge in [-0.3, -0.25) is 4.79 Å². The van der Waals surface area contributed by atoms with Gasteiger partial charge in [0.15, 0.2) is 5.79 Å². The fraction of sp³-hybridized carbons (Fsp3) is 0.593. The highest BCUT2D eigenvalue weighted by Crippen LogP contribution is 2.58. The van der Waals surface area contributed by atoms with E-state index in [2.05, 4.69) is 43.5 Å². The molecule has 4 unspecified atom stereocenters. The Hall–Kier alpha value is -1.40. The minimum Gasteiger partial charge on any atom is -0.368 e. The topological polar surface area (TPSA) is 44.8 Å². The molecule has 0 N–H and O–H groups in total. The van der Waals surface area contributed by atoms with Crippen LogP contribution < -0.4 is 0 Å². The zero-order chi connectivity index (χ0) is 21.9. The van der Waals surface area contributed by atoms with Crippen molar-refractivity contribution in [1.82, 2.24) is 0 Å². The molecule has 4 nitrogen and oxygen atoms in total. The molecule has 0 amide bonds. The van der Waals surface area contributed by atoms with Crippen molar-refractivity contribution in [2.24, 2.45) is 17.3 Å². The zero-order valence-electron chi connectivity index (χ0n) is 19.0. The van der Waals surface area contributed by atoms with E-state index < -0.39 is 5.79 Å². The maximum Gasteiger partial charge on any atom is 0.188 e. The highest BCUT2D eigenvalue weighted by molar-refractivity contribution is 7.98. The Kier molecular flexibility index (Phi) is 5.18. The fourth-order valence-electron chi connectivity index (χ4n) is 6.93. The second-order valence-electron chi connectivity index (χ2n) is 10.2. The summed E-state index contributed by atoms with van der Waals surface area (Å²) in [4.78, 5) is 14.3. The normalized spacial score (nSPS) is 35.9. The first-order valence-corrected chi connectivity index (χ1v) is 13.3. The molecule has 2 saturated heterocycles. The molecule has 5 heteroatoms. The standard InChI is InChI=1S/C27H32O4S/c1-26-16-29-25(17-3-6-19(32-2)7-4-17)24-20-11-12-27(30-13-14-31-27)15-18(20)5-8-21(24)22(26)9-10-23(26)28/h3-4,6-7,15,21-22,25H,5,8-14,16H2,1-2H3. The van der Waals surface area contributed by atoms with Crippen LogP contribution in [0.1, 0.15) is 57.1 Å². The minimum absolute atomic E-state index is 0.0794. The number of ketones is 1. The number of rotatable bonds is 2. The molecular formula is C27H32O4S. The van der Waals surface area contributed by atoms with Gasteiger partial charge in [0.1, 0.15) is 11.9 Å². The lowest BCUT2D eigenvalue weighted by atomic mass is 9.63. The van der Waals surface area contributed by atoms with Crippen LogP contribution >= 0.6 is 11.8 Å². The molecule has 1 saturated carbocycles. The lowest BCUT2D eigenvalue weighted by molar-refractivity contribution is -0.130. The fourth-order valence-corrected chi connectivity index (χ4v) is 7.34. The van der Waals surface area contributed by atoms with E-state index >= 15 is 0 Å². The molecule has 170 valence electrons. The molecule has 3 aliphatic carbocycles. The van der Waals surface area contributed by atoms with Gasteiger partial charge in [-0.25, -0.2) is 0 Å². The van der Waals surface area contributed by atoms with E-state index in [0.717, 1.165) is 32.1 Å².